The van der Waals surface area contributed by atoms with Gasteiger partial charge in [-0.1, -0.05) is 0 Å². The molecule has 6 heteroatoms. The van der Waals surface area contributed by atoms with E-state index in [0.717, 1.165) is 11.4 Å². The normalized spacial score (nSPS) is 12.3. The second-order valence-corrected chi connectivity index (χ2v) is 6.04. The molecule has 0 saturated heterocycles. The van der Waals surface area contributed by atoms with Gasteiger partial charge >= 0.3 is 0 Å². The van der Waals surface area contributed by atoms with Crippen molar-refractivity contribution in [3.05, 3.63) is 33.3 Å². The van der Waals surface area contributed by atoms with Crippen molar-refractivity contribution in [1.29, 1.82) is 0 Å². The quantitative estimate of drug-likeness (QED) is 0.592. The van der Waals surface area contributed by atoms with Gasteiger partial charge in [0.25, 0.3) is 0 Å². The number of thiophene rings is 1. The van der Waals surface area contributed by atoms with Crippen LogP contribution in [-0.2, 0) is 0 Å². The predicted octanol–water partition coefficient (Wildman–Crippen LogP) is 2.92. The van der Waals surface area contributed by atoms with E-state index in [1.807, 2.05) is 18.3 Å². The zero-order valence-corrected chi connectivity index (χ0v) is 12.4. The number of aromatic nitrogens is 2. The molecule has 0 fully saturated rings. The van der Waals surface area contributed by atoms with Crippen LogP contribution in [0, 0.1) is 20.8 Å². The third-order valence-electron chi connectivity index (χ3n) is 3.12. The molecule has 2 aromatic rings. The van der Waals surface area contributed by atoms with Gasteiger partial charge in [0.05, 0.1) is 6.04 Å². The summed E-state index contributed by atoms with van der Waals surface area (Å²) >= 11 is 1.81. The lowest BCUT2D eigenvalue weighted by molar-refractivity contribution is 0.865. The highest BCUT2D eigenvalue weighted by Crippen LogP contribution is 2.29. The van der Waals surface area contributed by atoms with E-state index in [4.69, 9.17) is 5.84 Å². The smallest absolute Gasteiger partial charge is 0.148 e. The Morgan fingerprint density at radius 1 is 1.21 bits per heavy atom. The molecular formula is C13H19N5S. The Bertz CT molecular complexity index is 578. The largest absolute Gasteiger partial charge is 0.363 e. The molecule has 0 amide bonds. The highest BCUT2D eigenvalue weighted by atomic mass is 32.1. The monoisotopic (exact) mass is 277 g/mol. The molecule has 102 valence electrons. The van der Waals surface area contributed by atoms with Gasteiger partial charge in [-0.25, -0.2) is 15.8 Å². The van der Waals surface area contributed by atoms with E-state index in [1.165, 1.54) is 21.6 Å². The average Bonchev–Trinajstić information content (AvgIpc) is 2.71. The topological polar surface area (TPSA) is 75.9 Å². The fourth-order valence-electron chi connectivity index (χ4n) is 2.10. The molecule has 2 rings (SSSR count). The minimum absolute atomic E-state index is 0.198. The fourth-order valence-corrected chi connectivity index (χ4v) is 3.13. The van der Waals surface area contributed by atoms with Crippen molar-refractivity contribution in [3.8, 4) is 0 Å². The number of nitrogens with one attached hydrogen (secondary N) is 2. The standard InChI is InChI=1S/C13H19N5S/c1-7-5-11(10(4)19-7)9(3)17-12-8(2)13(18-14)16-6-15-12/h5-6,9H,14H2,1-4H3,(H2,15,16,17,18). The minimum Gasteiger partial charge on any atom is -0.363 e. The van der Waals surface area contributed by atoms with Crippen molar-refractivity contribution in [3.63, 3.8) is 0 Å². The van der Waals surface area contributed by atoms with E-state index >= 15 is 0 Å². The molecule has 19 heavy (non-hydrogen) atoms. The van der Waals surface area contributed by atoms with E-state index in [2.05, 4.69) is 47.5 Å². The molecule has 0 aliphatic heterocycles. The fraction of sp³-hybridized carbons (Fsp3) is 0.385. The number of nitrogens with zero attached hydrogens (tertiary/aromatic N) is 2. The molecule has 2 heterocycles. The first-order valence-corrected chi connectivity index (χ1v) is 6.96. The summed E-state index contributed by atoms with van der Waals surface area (Å²) < 4.78 is 0. The van der Waals surface area contributed by atoms with Crippen LogP contribution in [0.25, 0.3) is 0 Å². The Balaban J connectivity index is 2.24. The van der Waals surface area contributed by atoms with Crippen molar-refractivity contribution < 1.29 is 0 Å². The number of nitrogens with two attached hydrogens (primary N) is 1. The minimum atomic E-state index is 0.198. The SMILES string of the molecule is Cc1cc(C(C)Nc2ncnc(NN)c2C)c(C)s1. The molecule has 0 aliphatic carbocycles. The molecule has 2 aromatic heterocycles. The van der Waals surface area contributed by atoms with Gasteiger partial charge in [0, 0.05) is 15.3 Å². The molecule has 0 aliphatic rings. The van der Waals surface area contributed by atoms with Crippen LogP contribution < -0.4 is 16.6 Å². The Morgan fingerprint density at radius 3 is 2.47 bits per heavy atom. The van der Waals surface area contributed by atoms with E-state index in [1.54, 1.807) is 0 Å². The summed E-state index contributed by atoms with van der Waals surface area (Å²) in [6, 6.07) is 2.42. The average molecular weight is 277 g/mol. The van der Waals surface area contributed by atoms with Gasteiger partial charge in [-0.3, -0.25) is 0 Å². The van der Waals surface area contributed by atoms with Crippen molar-refractivity contribution >= 4 is 23.0 Å². The summed E-state index contributed by atoms with van der Waals surface area (Å²) in [6.07, 6.45) is 1.50. The zero-order valence-electron chi connectivity index (χ0n) is 11.6. The predicted molar refractivity (Wildman–Crippen MR) is 80.4 cm³/mol. The van der Waals surface area contributed by atoms with Gasteiger partial charge in [-0.05, 0) is 39.3 Å². The Hall–Kier alpha value is -1.66. The van der Waals surface area contributed by atoms with Crippen LogP contribution in [0.2, 0.25) is 0 Å². The van der Waals surface area contributed by atoms with Gasteiger partial charge < -0.3 is 10.7 Å². The van der Waals surface area contributed by atoms with Gasteiger partial charge in [0.1, 0.15) is 18.0 Å². The summed E-state index contributed by atoms with van der Waals surface area (Å²) in [7, 11) is 0. The molecule has 0 aromatic carbocycles. The number of hydrogen-bond donors (Lipinski definition) is 3. The van der Waals surface area contributed by atoms with E-state index in [0.29, 0.717) is 5.82 Å². The molecule has 0 radical (unpaired) electrons. The molecular weight excluding hydrogens is 258 g/mol. The van der Waals surface area contributed by atoms with E-state index in [-0.39, 0.29) is 6.04 Å². The first kappa shape index (κ1) is 13.8. The van der Waals surface area contributed by atoms with Crippen molar-refractivity contribution in [1.82, 2.24) is 9.97 Å². The highest BCUT2D eigenvalue weighted by molar-refractivity contribution is 7.12. The van der Waals surface area contributed by atoms with Gasteiger partial charge in [-0.15, -0.1) is 11.3 Å². The Morgan fingerprint density at radius 2 is 1.89 bits per heavy atom. The van der Waals surface area contributed by atoms with Crippen LogP contribution >= 0.6 is 11.3 Å². The van der Waals surface area contributed by atoms with Crippen molar-refractivity contribution in [2.45, 2.75) is 33.7 Å². The lowest BCUT2D eigenvalue weighted by atomic mass is 10.1. The van der Waals surface area contributed by atoms with Crippen LogP contribution in [0.4, 0.5) is 11.6 Å². The maximum atomic E-state index is 5.42. The molecule has 5 nitrogen and oxygen atoms in total. The second-order valence-electron chi connectivity index (χ2n) is 4.57. The van der Waals surface area contributed by atoms with E-state index in [9.17, 15) is 0 Å². The molecule has 4 N–H and O–H groups in total. The van der Waals surface area contributed by atoms with Crippen molar-refractivity contribution in [2.75, 3.05) is 10.7 Å². The first-order valence-electron chi connectivity index (χ1n) is 6.14. The summed E-state index contributed by atoms with van der Waals surface area (Å²) in [5.74, 6) is 6.87. The van der Waals surface area contributed by atoms with Gasteiger partial charge in [-0.2, -0.15) is 0 Å². The molecule has 1 atom stereocenters. The number of aryl methyl sites for hydroxylation is 2. The number of nitrogen functional groups attached to an aromatic ring is 1. The van der Waals surface area contributed by atoms with Crippen LogP contribution in [-0.4, -0.2) is 9.97 Å². The van der Waals surface area contributed by atoms with Crippen LogP contribution in [0.5, 0.6) is 0 Å². The third-order valence-corrected chi connectivity index (χ3v) is 4.10. The first-order chi connectivity index (χ1) is 9.02. The van der Waals surface area contributed by atoms with Crippen LogP contribution in [0.3, 0.4) is 0 Å². The second kappa shape index (κ2) is 5.54. The maximum Gasteiger partial charge on any atom is 0.148 e. The summed E-state index contributed by atoms with van der Waals surface area (Å²) in [5, 5.41) is 3.42. The Kier molecular flexibility index (Phi) is 4.01. The number of hydrogen-bond acceptors (Lipinski definition) is 6. The van der Waals surface area contributed by atoms with Gasteiger partial charge in [0.15, 0.2) is 0 Å². The summed E-state index contributed by atoms with van der Waals surface area (Å²) in [6.45, 7) is 8.34. The van der Waals surface area contributed by atoms with Crippen molar-refractivity contribution in [2.24, 2.45) is 5.84 Å². The number of hydrazine groups is 1. The van der Waals surface area contributed by atoms with E-state index < -0.39 is 0 Å². The maximum absolute atomic E-state index is 5.42. The third kappa shape index (κ3) is 2.85. The van der Waals surface area contributed by atoms with Gasteiger partial charge in [0.2, 0.25) is 0 Å². The molecule has 0 spiro atoms. The van der Waals surface area contributed by atoms with Crippen LogP contribution in [0.1, 0.15) is 33.8 Å². The molecule has 0 bridgehead atoms. The molecule has 0 saturated carbocycles. The number of rotatable bonds is 4. The lowest BCUT2D eigenvalue weighted by Gasteiger charge is -2.17. The Labute approximate surface area is 117 Å². The summed E-state index contributed by atoms with van der Waals surface area (Å²) in [4.78, 5) is 11.0. The number of anilines is 2. The highest BCUT2D eigenvalue weighted by Gasteiger charge is 2.14. The van der Waals surface area contributed by atoms with Crippen LogP contribution in [0.15, 0.2) is 12.4 Å². The summed E-state index contributed by atoms with van der Waals surface area (Å²) in [5.41, 5.74) is 4.80. The zero-order chi connectivity index (χ0) is 14.0. The molecule has 1 unspecified atom stereocenters. The lowest BCUT2D eigenvalue weighted by Crippen LogP contribution is -2.14.